The molecule has 2 aromatic carbocycles. The molecule has 0 heterocycles. The highest BCUT2D eigenvalue weighted by molar-refractivity contribution is 6.06. The molecule has 0 fully saturated rings. The molecule has 23 heavy (non-hydrogen) atoms. The molecule has 0 aliphatic rings. The van der Waals surface area contributed by atoms with Crippen molar-refractivity contribution in [1.82, 2.24) is 0 Å². The molecule has 2 aromatic rings. The Balaban J connectivity index is 2.14. The first-order chi connectivity index (χ1) is 11.2. The van der Waals surface area contributed by atoms with Crippen LogP contribution in [0.15, 0.2) is 54.6 Å². The normalized spacial score (nSPS) is 10.3. The molecule has 0 saturated heterocycles. The Morgan fingerprint density at radius 1 is 1.00 bits per heavy atom. The second-order valence-corrected chi connectivity index (χ2v) is 4.60. The molecule has 118 valence electrons. The number of rotatable bonds is 5. The Kier molecular flexibility index (Phi) is 5.52. The fraction of sp³-hybridized carbons (Fsp3) is 0.111. The zero-order valence-corrected chi connectivity index (χ0v) is 12.9. The van der Waals surface area contributed by atoms with Gasteiger partial charge in [-0.3, -0.25) is 4.79 Å². The van der Waals surface area contributed by atoms with Gasteiger partial charge in [-0.25, -0.2) is 4.79 Å². The summed E-state index contributed by atoms with van der Waals surface area (Å²) in [7, 11) is 2.86. The van der Waals surface area contributed by atoms with Crippen LogP contribution in [0.1, 0.15) is 15.9 Å². The second-order valence-electron chi connectivity index (χ2n) is 4.60. The molecule has 1 N–H and O–H groups in total. The maximum Gasteiger partial charge on any atom is 0.339 e. The Bertz CT molecular complexity index is 737. The molecule has 0 unspecified atom stereocenters. The molecule has 0 aromatic heterocycles. The van der Waals surface area contributed by atoms with Crippen LogP contribution in [0.2, 0.25) is 0 Å². The summed E-state index contributed by atoms with van der Waals surface area (Å²) >= 11 is 0. The van der Waals surface area contributed by atoms with Gasteiger partial charge in [0, 0.05) is 11.6 Å². The first-order valence-corrected chi connectivity index (χ1v) is 6.95. The third-order valence-corrected chi connectivity index (χ3v) is 3.14. The van der Waals surface area contributed by atoms with Crippen molar-refractivity contribution in [2.75, 3.05) is 19.5 Å². The lowest BCUT2D eigenvalue weighted by Gasteiger charge is -2.08. The van der Waals surface area contributed by atoms with E-state index in [2.05, 4.69) is 5.32 Å². The van der Waals surface area contributed by atoms with Crippen molar-refractivity contribution in [3.8, 4) is 5.75 Å². The quantitative estimate of drug-likeness (QED) is 0.680. The molecule has 0 atom stereocenters. The number of benzene rings is 2. The van der Waals surface area contributed by atoms with Crippen LogP contribution in [-0.2, 0) is 9.53 Å². The van der Waals surface area contributed by atoms with Gasteiger partial charge in [0.25, 0.3) is 0 Å². The van der Waals surface area contributed by atoms with E-state index in [1.54, 1.807) is 37.5 Å². The Labute approximate surface area is 134 Å². The number of ether oxygens (including phenoxy) is 2. The maximum absolute atomic E-state index is 12.1. The summed E-state index contributed by atoms with van der Waals surface area (Å²) in [6, 6.07) is 14.0. The van der Waals surface area contributed by atoms with E-state index >= 15 is 0 Å². The molecule has 0 aliphatic heterocycles. The second kappa shape index (κ2) is 7.79. The van der Waals surface area contributed by atoms with Crippen LogP contribution in [-0.4, -0.2) is 26.1 Å². The van der Waals surface area contributed by atoms with E-state index in [1.807, 2.05) is 24.3 Å². The molecular weight excluding hydrogens is 294 g/mol. The summed E-state index contributed by atoms with van der Waals surface area (Å²) in [4.78, 5) is 23.7. The predicted octanol–water partition coefficient (Wildman–Crippen LogP) is 3.13. The van der Waals surface area contributed by atoms with Crippen molar-refractivity contribution in [1.29, 1.82) is 0 Å². The van der Waals surface area contributed by atoms with E-state index in [9.17, 15) is 9.59 Å². The van der Waals surface area contributed by atoms with Gasteiger partial charge in [0.05, 0.1) is 25.5 Å². The molecule has 0 aliphatic carbocycles. The molecule has 5 heteroatoms. The fourth-order valence-corrected chi connectivity index (χ4v) is 2.02. The highest BCUT2D eigenvalue weighted by Crippen LogP contribution is 2.19. The zero-order chi connectivity index (χ0) is 16.7. The van der Waals surface area contributed by atoms with Crippen molar-refractivity contribution in [2.24, 2.45) is 0 Å². The topological polar surface area (TPSA) is 64.6 Å². The molecule has 2 rings (SSSR count). The molecule has 0 spiro atoms. The number of esters is 1. The summed E-state index contributed by atoms with van der Waals surface area (Å²) in [5, 5.41) is 2.67. The maximum atomic E-state index is 12.1. The molecule has 1 amide bonds. The number of hydrogen-bond acceptors (Lipinski definition) is 4. The average Bonchev–Trinajstić information content (AvgIpc) is 2.60. The van der Waals surface area contributed by atoms with Gasteiger partial charge in [-0.1, -0.05) is 30.3 Å². The van der Waals surface area contributed by atoms with E-state index in [4.69, 9.17) is 9.47 Å². The van der Waals surface area contributed by atoms with Crippen molar-refractivity contribution in [3.05, 3.63) is 65.7 Å². The smallest absolute Gasteiger partial charge is 0.339 e. The number of carbonyl (C=O) groups is 2. The average molecular weight is 311 g/mol. The lowest BCUT2D eigenvalue weighted by atomic mass is 10.1. The van der Waals surface area contributed by atoms with E-state index in [0.717, 1.165) is 5.56 Å². The number of nitrogens with one attached hydrogen (secondary N) is 1. The van der Waals surface area contributed by atoms with E-state index in [0.29, 0.717) is 17.0 Å². The summed E-state index contributed by atoms with van der Waals surface area (Å²) in [6.07, 6.45) is 3.03. The Hall–Kier alpha value is -3.08. The Morgan fingerprint density at radius 2 is 1.70 bits per heavy atom. The third kappa shape index (κ3) is 4.20. The number of para-hydroxylation sites is 2. The van der Waals surface area contributed by atoms with Gasteiger partial charge < -0.3 is 14.8 Å². The van der Waals surface area contributed by atoms with Crippen LogP contribution >= 0.6 is 0 Å². The number of methoxy groups -OCH3 is 2. The lowest BCUT2D eigenvalue weighted by Crippen LogP contribution is -2.12. The molecular formula is C18H17NO4. The molecule has 0 saturated carbocycles. The van der Waals surface area contributed by atoms with Crippen LogP contribution in [0.4, 0.5) is 5.69 Å². The number of amides is 1. The third-order valence-electron chi connectivity index (χ3n) is 3.14. The van der Waals surface area contributed by atoms with Gasteiger partial charge in [0.1, 0.15) is 5.75 Å². The predicted molar refractivity (Wildman–Crippen MR) is 88.4 cm³/mol. The van der Waals surface area contributed by atoms with E-state index in [-0.39, 0.29) is 5.91 Å². The minimum atomic E-state index is -0.505. The van der Waals surface area contributed by atoms with Crippen molar-refractivity contribution >= 4 is 23.6 Å². The Morgan fingerprint density at radius 3 is 2.43 bits per heavy atom. The number of carbonyl (C=O) groups excluding carboxylic acids is 2. The van der Waals surface area contributed by atoms with Gasteiger partial charge >= 0.3 is 5.97 Å². The standard InChI is InChI=1S/C18H17NO4/c1-22-16-10-6-3-7-13(16)11-12-17(20)19-15-9-5-4-8-14(15)18(21)23-2/h3-12H,1-2H3,(H,19,20). The van der Waals surface area contributed by atoms with Crippen LogP contribution in [0.5, 0.6) is 5.75 Å². The number of anilines is 1. The van der Waals surface area contributed by atoms with Crippen molar-refractivity contribution in [2.45, 2.75) is 0 Å². The van der Waals surface area contributed by atoms with Gasteiger partial charge in [-0.2, -0.15) is 0 Å². The van der Waals surface area contributed by atoms with E-state index < -0.39 is 5.97 Å². The monoisotopic (exact) mass is 311 g/mol. The lowest BCUT2D eigenvalue weighted by molar-refractivity contribution is -0.111. The van der Waals surface area contributed by atoms with Crippen LogP contribution < -0.4 is 10.1 Å². The number of hydrogen-bond donors (Lipinski definition) is 1. The molecule has 0 bridgehead atoms. The fourth-order valence-electron chi connectivity index (χ4n) is 2.02. The molecule has 0 radical (unpaired) electrons. The largest absolute Gasteiger partial charge is 0.496 e. The van der Waals surface area contributed by atoms with Crippen molar-refractivity contribution < 1.29 is 19.1 Å². The first kappa shape index (κ1) is 16.3. The van der Waals surface area contributed by atoms with Gasteiger partial charge in [-0.15, -0.1) is 0 Å². The minimum absolute atomic E-state index is 0.300. The van der Waals surface area contributed by atoms with Crippen molar-refractivity contribution in [3.63, 3.8) is 0 Å². The highest BCUT2D eigenvalue weighted by atomic mass is 16.5. The first-order valence-electron chi connectivity index (χ1n) is 6.95. The summed E-state index contributed by atoms with van der Waals surface area (Å²) < 4.78 is 9.91. The van der Waals surface area contributed by atoms with Gasteiger partial charge in [-0.05, 0) is 24.3 Å². The molecule has 5 nitrogen and oxygen atoms in total. The van der Waals surface area contributed by atoms with Crippen LogP contribution in [0, 0.1) is 0 Å². The SMILES string of the molecule is COC(=O)c1ccccc1NC(=O)C=Cc1ccccc1OC. The highest BCUT2D eigenvalue weighted by Gasteiger charge is 2.12. The van der Waals surface area contributed by atoms with Crippen LogP contribution in [0.25, 0.3) is 6.08 Å². The summed E-state index contributed by atoms with van der Waals surface area (Å²) in [6.45, 7) is 0. The minimum Gasteiger partial charge on any atom is -0.496 e. The summed E-state index contributed by atoms with van der Waals surface area (Å²) in [5.41, 5.74) is 1.48. The van der Waals surface area contributed by atoms with Gasteiger partial charge in [0.15, 0.2) is 0 Å². The van der Waals surface area contributed by atoms with Gasteiger partial charge in [0.2, 0.25) is 5.91 Å². The zero-order valence-electron chi connectivity index (χ0n) is 12.9. The summed E-state index contributed by atoms with van der Waals surface area (Å²) in [5.74, 6) is -0.187. The van der Waals surface area contributed by atoms with E-state index in [1.165, 1.54) is 13.2 Å². The van der Waals surface area contributed by atoms with Crippen LogP contribution in [0.3, 0.4) is 0 Å².